The first kappa shape index (κ1) is 18.0. The number of fused-ring (bicyclic) bond motifs is 3. The molecule has 0 amide bonds. The average molecular weight is 387 g/mol. The van der Waals surface area contributed by atoms with E-state index in [1.165, 1.54) is 33.5 Å². The Morgan fingerprint density at radius 1 is 1.04 bits per heavy atom. The van der Waals surface area contributed by atoms with Crippen molar-refractivity contribution >= 4 is 45.8 Å². The molecule has 0 saturated heterocycles. The molecule has 1 heterocycles. The number of hydrogen-bond acceptors (Lipinski definition) is 5. The molecule has 4 rings (SSSR count). The van der Waals surface area contributed by atoms with Crippen molar-refractivity contribution in [3.8, 4) is 0 Å². The molecule has 3 aromatic rings. The summed E-state index contributed by atoms with van der Waals surface area (Å²) < 4.78 is 0. The molecule has 1 aliphatic rings. The number of aliphatic imine (C=N–C) groups is 1. The third kappa shape index (κ3) is 3.54. The van der Waals surface area contributed by atoms with Crippen LogP contribution >= 0.6 is 11.8 Å². The molecule has 6 heteroatoms. The number of nitrogens with zero attached hydrogens (tertiary/aromatic N) is 3. The van der Waals surface area contributed by atoms with E-state index in [4.69, 9.17) is 0 Å². The number of nitro benzene ring substituents is 1. The molecule has 1 aliphatic heterocycles. The lowest BCUT2D eigenvalue weighted by atomic mass is 10.1. The Kier molecular flexibility index (Phi) is 4.95. The topological polar surface area (TPSA) is 58.7 Å². The molecule has 3 aromatic carbocycles. The summed E-state index contributed by atoms with van der Waals surface area (Å²) in [5, 5.41) is 14.3. The highest BCUT2D eigenvalue weighted by Gasteiger charge is 2.23. The van der Waals surface area contributed by atoms with Gasteiger partial charge in [-0.3, -0.25) is 15.1 Å². The number of hydrogen-bond donors (Lipinski definition) is 0. The van der Waals surface area contributed by atoms with Crippen molar-refractivity contribution in [2.24, 2.45) is 4.99 Å². The molecule has 28 heavy (non-hydrogen) atoms. The van der Waals surface area contributed by atoms with Crippen LogP contribution in [0.3, 0.4) is 0 Å². The van der Waals surface area contributed by atoms with Crippen LogP contribution in [0.5, 0.6) is 0 Å². The number of allylic oxidation sites excluding steroid dienone is 3. The van der Waals surface area contributed by atoms with Gasteiger partial charge in [0.2, 0.25) is 0 Å². The van der Waals surface area contributed by atoms with Crippen LogP contribution in [-0.4, -0.2) is 18.2 Å². The molecular weight excluding hydrogens is 370 g/mol. The van der Waals surface area contributed by atoms with E-state index >= 15 is 0 Å². The minimum Gasteiger partial charge on any atom is -0.338 e. The van der Waals surface area contributed by atoms with Gasteiger partial charge in [0.05, 0.1) is 21.3 Å². The van der Waals surface area contributed by atoms with E-state index in [1.54, 1.807) is 30.1 Å². The zero-order valence-electron chi connectivity index (χ0n) is 15.1. The highest BCUT2D eigenvalue weighted by Crippen LogP contribution is 2.48. The number of non-ortho nitro benzene ring substituents is 1. The van der Waals surface area contributed by atoms with E-state index in [1.807, 2.05) is 12.2 Å². The fourth-order valence-electron chi connectivity index (χ4n) is 3.08. The molecule has 0 spiro atoms. The first-order chi connectivity index (χ1) is 13.6. The minimum absolute atomic E-state index is 0.0626. The van der Waals surface area contributed by atoms with E-state index in [9.17, 15) is 10.1 Å². The molecule has 0 aliphatic carbocycles. The van der Waals surface area contributed by atoms with Crippen molar-refractivity contribution < 1.29 is 4.92 Å². The van der Waals surface area contributed by atoms with Gasteiger partial charge in [-0.05, 0) is 35.7 Å². The Morgan fingerprint density at radius 2 is 1.82 bits per heavy atom. The monoisotopic (exact) mass is 387 g/mol. The Balaban J connectivity index is 1.47. The maximum absolute atomic E-state index is 10.7. The molecular formula is C22H17N3O2S. The molecule has 5 nitrogen and oxygen atoms in total. The lowest BCUT2D eigenvalue weighted by Crippen LogP contribution is -2.09. The van der Waals surface area contributed by atoms with Crippen LogP contribution in [0.4, 0.5) is 17.1 Å². The second kappa shape index (κ2) is 7.70. The molecule has 0 fully saturated rings. The number of thioether (sulfide) groups is 1. The summed E-state index contributed by atoms with van der Waals surface area (Å²) in [6.45, 7) is 0. The molecule has 0 radical (unpaired) electrons. The van der Waals surface area contributed by atoms with Crippen molar-refractivity contribution in [3.05, 3.63) is 94.0 Å². The predicted molar refractivity (Wildman–Crippen MR) is 117 cm³/mol. The zero-order valence-corrected chi connectivity index (χ0v) is 16.0. The van der Waals surface area contributed by atoms with Gasteiger partial charge >= 0.3 is 0 Å². The summed E-state index contributed by atoms with van der Waals surface area (Å²) in [6.07, 6.45) is 7.54. The Bertz CT molecular complexity index is 1130. The number of benzene rings is 3. The third-order valence-corrected chi connectivity index (χ3v) is 5.63. The van der Waals surface area contributed by atoms with Gasteiger partial charge in [0.1, 0.15) is 0 Å². The fraction of sp³-hybridized carbons (Fsp3) is 0.0455. The average Bonchev–Trinajstić information content (AvgIpc) is 3.04. The Hall–Kier alpha value is -3.38. The Morgan fingerprint density at radius 3 is 2.61 bits per heavy atom. The van der Waals surface area contributed by atoms with Gasteiger partial charge in [0.25, 0.3) is 5.69 Å². The molecule has 0 atom stereocenters. The molecule has 138 valence electrons. The smallest absolute Gasteiger partial charge is 0.269 e. The number of anilines is 1. The summed E-state index contributed by atoms with van der Waals surface area (Å²) in [5.41, 5.74) is 1.98. The summed E-state index contributed by atoms with van der Waals surface area (Å²) in [7, 11) is 2.08. The van der Waals surface area contributed by atoms with Crippen molar-refractivity contribution in [3.63, 3.8) is 0 Å². The highest BCUT2D eigenvalue weighted by molar-refractivity contribution is 8.03. The number of rotatable bonds is 4. The van der Waals surface area contributed by atoms with Crippen molar-refractivity contribution in [2.75, 3.05) is 11.9 Å². The van der Waals surface area contributed by atoms with E-state index < -0.39 is 4.92 Å². The molecule has 0 bridgehead atoms. The van der Waals surface area contributed by atoms with Gasteiger partial charge in [0.15, 0.2) is 0 Å². The van der Waals surface area contributed by atoms with Crippen molar-refractivity contribution in [1.82, 2.24) is 0 Å². The molecule has 0 aromatic heterocycles. The Labute approximate surface area is 166 Å². The number of nitro groups is 1. The van der Waals surface area contributed by atoms with Gasteiger partial charge < -0.3 is 4.90 Å². The van der Waals surface area contributed by atoms with Crippen LogP contribution in [0.15, 0.2) is 93.8 Å². The van der Waals surface area contributed by atoms with Crippen molar-refractivity contribution in [2.45, 2.75) is 4.90 Å². The lowest BCUT2D eigenvalue weighted by molar-refractivity contribution is -0.384. The summed E-state index contributed by atoms with van der Waals surface area (Å²) >= 11 is 1.75. The van der Waals surface area contributed by atoms with Crippen molar-refractivity contribution in [1.29, 1.82) is 0 Å². The third-order valence-electron chi connectivity index (χ3n) is 4.46. The SMILES string of the molecule is CN1/C(=C\C=C\C=Nc2ccc([N+](=O)[O-])cc2)Sc2ccc3ccccc3c21. The van der Waals surface area contributed by atoms with Gasteiger partial charge in [-0.1, -0.05) is 48.2 Å². The minimum atomic E-state index is -0.420. The van der Waals surface area contributed by atoms with Crippen LogP contribution < -0.4 is 4.90 Å². The molecule has 0 saturated carbocycles. The standard InChI is InChI=1S/C22H17N3O2S/c1-24-21(28-20-14-9-16-6-2-3-7-19(16)22(20)24)8-4-5-15-23-17-10-12-18(13-11-17)25(26)27/h2-15H,1H3/b5-4+,21-8+,23-15?. The lowest BCUT2D eigenvalue weighted by Gasteiger charge is -2.15. The van der Waals surface area contributed by atoms with Gasteiger partial charge in [-0.25, -0.2) is 0 Å². The highest BCUT2D eigenvalue weighted by atomic mass is 32.2. The van der Waals surface area contributed by atoms with E-state index in [0.717, 1.165) is 5.03 Å². The van der Waals surface area contributed by atoms with Gasteiger partial charge in [-0.15, -0.1) is 0 Å². The molecule has 0 N–H and O–H groups in total. The van der Waals surface area contributed by atoms with E-state index in [2.05, 4.69) is 59.4 Å². The second-order valence-corrected chi connectivity index (χ2v) is 7.30. The quantitative estimate of drug-likeness (QED) is 0.309. The zero-order chi connectivity index (χ0) is 19.5. The molecule has 0 unspecified atom stereocenters. The van der Waals surface area contributed by atoms with Crippen LogP contribution in [0.1, 0.15) is 0 Å². The van der Waals surface area contributed by atoms with Crippen LogP contribution in [0.25, 0.3) is 10.8 Å². The van der Waals surface area contributed by atoms with Gasteiger partial charge in [0, 0.05) is 35.7 Å². The maximum atomic E-state index is 10.7. The first-order valence-electron chi connectivity index (χ1n) is 8.72. The van der Waals surface area contributed by atoms with Crippen LogP contribution in [-0.2, 0) is 0 Å². The second-order valence-electron chi connectivity index (χ2n) is 6.24. The predicted octanol–water partition coefficient (Wildman–Crippen LogP) is 6.09. The van der Waals surface area contributed by atoms with Crippen LogP contribution in [0, 0.1) is 10.1 Å². The van der Waals surface area contributed by atoms with Gasteiger partial charge in [-0.2, -0.15) is 0 Å². The van der Waals surface area contributed by atoms with E-state index in [0.29, 0.717) is 5.69 Å². The largest absolute Gasteiger partial charge is 0.338 e. The summed E-state index contributed by atoms with van der Waals surface area (Å²) in [4.78, 5) is 18.0. The summed E-state index contributed by atoms with van der Waals surface area (Å²) in [5.74, 6) is 0. The fourth-order valence-corrected chi connectivity index (χ4v) is 4.16. The normalized spacial score (nSPS) is 15.2. The maximum Gasteiger partial charge on any atom is 0.269 e. The first-order valence-corrected chi connectivity index (χ1v) is 9.54. The van der Waals surface area contributed by atoms with Crippen LogP contribution in [0.2, 0.25) is 0 Å². The summed E-state index contributed by atoms with van der Waals surface area (Å²) in [6, 6.07) is 18.9. The van der Waals surface area contributed by atoms with E-state index in [-0.39, 0.29) is 5.69 Å².